The lowest BCUT2D eigenvalue weighted by Gasteiger charge is -2.10. The summed E-state index contributed by atoms with van der Waals surface area (Å²) in [5, 5.41) is 0. The minimum atomic E-state index is -4.78. The molecule has 0 amide bonds. The molecular formula is C14H8F6O2. The molecular weight excluding hydrogens is 314 g/mol. The molecule has 0 unspecified atom stereocenters. The van der Waals surface area contributed by atoms with Crippen LogP contribution in [0.5, 0.6) is 11.5 Å². The van der Waals surface area contributed by atoms with Gasteiger partial charge in [0.2, 0.25) is 0 Å². The predicted octanol–water partition coefficient (Wildman–Crippen LogP) is 5.15. The van der Waals surface area contributed by atoms with Crippen LogP contribution in [0.4, 0.5) is 26.3 Å². The average molecular weight is 322 g/mol. The number of alkyl halides is 6. The first kappa shape index (κ1) is 16.0. The van der Waals surface area contributed by atoms with E-state index in [0.29, 0.717) is 11.1 Å². The minimum Gasteiger partial charge on any atom is -0.406 e. The van der Waals surface area contributed by atoms with Gasteiger partial charge in [0.15, 0.2) is 0 Å². The summed E-state index contributed by atoms with van der Waals surface area (Å²) >= 11 is 0. The molecule has 8 heteroatoms. The summed E-state index contributed by atoms with van der Waals surface area (Å²) in [5.41, 5.74) is 1.04. The van der Waals surface area contributed by atoms with Crippen molar-refractivity contribution in [1.29, 1.82) is 0 Å². The predicted molar refractivity (Wildman–Crippen MR) is 65.2 cm³/mol. The SMILES string of the molecule is FC(F)(F)Oc1ccc(-c2ccc(OC(F)(F)F)cc2)cc1. The Kier molecular flexibility index (Phi) is 4.20. The van der Waals surface area contributed by atoms with Crippen LogP contribution in [0.2, 0.25) is 0 Å². The zero-order chi connectivity index (χ0) is 16.4. The van der Waals surface area contributed by atoms with Gasteiger partial charge < -0.3 is 9.47 Å². The van der Waals surface area contributed by atoms with Crippen LogP contribution < -0.4 is 9.47 Å². The molecule has 0 atom stereocenters. The van der Waals surface area contributed by atoms with Crippen LogP contribution in [0, 0.1) is 0 Å². The monoisotopic (exact) mass is 322 g/mol. The normalized spacial score (nSPS) is 12.1. The lowest BCUT2D eigenvalue weighted by Crippen LogP contribution is -2.17. The molecule has 2 rings (SSSR count). The van der Waals surface area contributed by atoms with Crippen molar-refractivity contribution < 1.29 is 35.8 Å². The number of ether oxygens (including phenoxy) is 2. The van der Waals surface area contributed by atoms with Gasteiger partial charge in [0.1, 0.15) is 11.5 Å². The van der Waals surface area contributed by atoms with Crippen LogP contribution in [-0.2, 0) is 0 Å². The zero-order valence-electron chi connectivity index (χ0n) is 10.7. The molecule has 0 saturated heterocycles. The first-order chi connectivity index (χ1) is 10.1. The number of halogens is 6. The Morgan fingerprint density at radius 3 is 1.00 bits per heavy atom. The maximum absolute atomic E-state index is 12.0. The van der Waals surface area contributed by atoms with Crippen molar-refractivity contribution >= 4 is 0 Å². The second kappa shape index (κ2) is 5.78. The van der Waals surface area contributed by atoms with E-state index in [2.05, 4.69) is 9.47 Å². The zero-order valence-corrected chi connectivity index (χ0v) is 10.7. The van der Waals surface area contributed by atoms with Crippen LogP contribution in [-0.4, -0.2) is 12.7 Å². The van der Waals surface area contributed by atoms with Gasteiger partial charge >= 0.3 is 12.7 Å². The van der Waals surface area contributed by atoms with E-state index in [9.17, 15) is 26.3 Å². The molecule has 118 valence electrons. The summed E-state index contributed by atoms with van der Waals surface area (Å²) in [5.74, 6) is -0.762. The Morgan fingerprint density at radius 1 is 0.500 bits per heavy atom. The van der Waals surface area contributed by atoms with E-state index in [1.54, 1.807) is 0 Å². The molecule has 0 aliphatic heterocycles. The van der Waals surface area contributed by atoms with Crippen molar-refractivity contribution in [3.63, 3.8) is 0 Å². The van der Waals surface area contributed by atoms with Crippen LogP contribution in [0.3, 0.4) is 0 Å². The first-order valence-electron chi connectivity index (χ1n) is 5.84. The minimum absolute atomic E-state index is 0.381. The molecule has 0 aliphatic rings. The molecule has 0 bridgehead atoms. The van der Waals surface area contributed by atoms with Crippen molar-refractivity contribution in [1.82, 2.24) is 0 Å². The third-order valence-corrected chi connectivity index (χ3v) is 2.51. The van der Waals surface area contributed by atoms with Crippen molar-refractivity contribution in [3.05, 3.63) is 48.5 Å². The quantitative estimate of drug-likeness (QED) is 0.728. The van der Waals surface area contributed by atoms with E-state index in [0.717, 1.165) is 24.3 Å². The molecule has 0 aliphatic carbocycles. The lowest BCUT2D eigenvalue weighted by atomic mass is 10.1. The van der Waals surface area contributed by atoms with Gasteiger partial charge in [0, 0.05) is 0 Å². The van der Waals surface area contributed by atoms with Gasteiger partial charge in [0.25, 0.3) is 0 Å². The fraction of sp³-hybridized carbons (Fsp3) is 0.143. The summed E-state index contributed by atoms with van der Waals surface area (Å²) < 4.78 is 79.5. The summed E-state index contributed by atoms with van der Waals surface area (Å²) in [6, 6.07) is 9.90. The Bertz CT molecular complexity index is 556. The van der Waals surface area contributed by atoms with E-state index < -0.39 is 12.7 Å². The molecule has 0 heterocycles. The fourth-order valence-electron chi connectivity index (χ4n) is 1.70. The smallest absolute Gasteiger partial charge is 0.406 e. The molecule has 0 aromatic heterocycles. The highest BCUT2D eigenvalue weighted by Gasteiger charge is 2.31. The third kappa shape index (κ3) is 4.87. The van der Waals surface area contributed by atoms with Gasteiger partial charge in [0.05, 0.1) is 0 Å². The molecule has 0 saturated carbocycles. The Balaban J connectivity index is 2.12. The number of hydrogen-bond donors (Lipinski definition) is 0. The van der Waals surface area contributed by atoms with E-state index in [1.807, 2.05) is 0 Å². The summed E-state index contributed by atoms with van der Waals surface area (Å²) in [6.07, 6.45) is -9.56. The van der Waals surface area contributed by atoms with Gasteiger partial charge in [-0.2, -0.15) is 0 Å². The van der Waals surface area contributed by atoms with Gasteiger partial charge in [-0.05, 0) is 35.4 Å². The topological polar surface area (TPSA) is 18.5 Å². The van der Waals surface area contributed by atoms with Crippen molar-refractivity contribution in [2.75, 3.05) is 0 Å². The van der Waals surface area contributed by atoms with E-state index in [1.165, 1.54) is 24.3 Å². The highest BCUT2D eigenvalue weighted by molar-refractivity contribution is 5.64. The third-order valence-electron chi connectivity index (χ3n) is 2.51. The van der Waals surface area contributed by atoms with E-state index in [-0.39, 0.29) is 11.5 Å². The summed E-state index contributed by atoms with van der Waals surface area (Å²) in [7, 11) is 0. The van der Waals surface area contributed by atoms with Crippen molar-refractivity contribution in [3.8, 4) is 22.6 Å². The molecule has 22 heavy (non-hydrogen) atoms. The Labute approximate surface area is 120 Å². The number of hydrogen-bond acceptors (Lipinski definition) is 2. The van der Waals surface area contributed by atoms with Crippen molar-refractivity contribution in [2.24, 2.45) is 0 Å². The second-order valence-electron chi connectivity index (χ2n) is 4.14. The van der Waals surface area contributed by atoms with Gasteiger partial charge in [-0.3, -0.25) is 0 Å². The highest BCUT2D eigenvalue weighted by atomic mass is 19.4. The first-order valence-corrected chi connectivity index (χ1v) is 5.84. The largest absolute Gasteiger partial charge is 0.573 e. The molecule has 0 fully saturated rings. The molecule has 2 aromatic carbocycles. The summed E-state index contributed by atoms with van der Waals surface area (Å²) in [6.45, 7) is 0. The fourth-order valence-corrected chi connectivity index (χ4v) is 1.70. The molecule has 2 nitrogen and oxygen atoms in total. The van der Waals surface area contributed by atoms with Gasteiger partial charge in [-0.25, -0.2) is 0 Å². The number of benzene rings is 2. The van der Waals surface area contributed by atoms with Crippen LogP contribution >= 0.6 is 0 Å². The Morgan fingerprint density at radius 2 is 0.773 bits per heavy atom. The molecule has 2 aromatic rings. The van der Waals surface area contributed by atoms with E-state index >= 15 is 0 Å². The van der Waals surface area contributed by atoms with Crippen LogP contribution in [0.1, 0.15) is 0 Å². The maximum atomic E-state index is 12.0. The average Bonchev–Trinajstić information content (AvgIpc) is 2.37. The second-order valence-corrected chi connectivity index (χ2v) is 4.14. The maximum Gasteiger partial charge on any atom is 0.573 e. The van der Waals surface area contributed by atoms with Crippen LogP contribution in [0.25, 0.3) is 11.1 Å². The highest BCUT2D eigenvalue weighted by Crippen LogP contribution is 2.29. The molecule has 0 radical (unpaired) electrons. The molecule has 0 spiro atoms. The van der Waals surface area contributed by atoms with Gasteiger partial charge in [-0.1, -0.05) is 24.3 Å². The number of rotatable bonds is 3. The van der Waals surface area contributed by atoms with Gasteiger partial charge in [-0.15, -0.1) is 26.3 Å². The van der Waals surface area contributed by atoms with Crippen molar-refractivity contribution in [2.45, 2.75) is 12.7 Å². The van der Waals surface area contributed by atoms with E-state index in [4.69, 9.17) is 0 Å². The Hall–Kier alpha value is -2.38. The molecule has 0 N–H and O–H groups in total. The lowest BCUT2D eigenvalue weighted by molar-refractivity contribution is -0.275. The standard InChI is InChI=1S/C14H8F6O2/c15-13(16,17)21-11-5-1-9(2-6-11)10-3-7-12(8-4-10)22-14(18,19)20/h1-8H. The van der Waals surface area contributed by atoms with Crippen LogP contribution in [0.15, 0.2) is 48.5 Å². The summed E-state index contributed by atoms with van der Waals surface area (Å²) in [4.78, 5) is 0.